The Labute approximate surface area is 185 Å². The summed E-state index contributed by atoms with van der Waals surface area (Å²) in [5.74, 6) is -2.23. The molecule has 0 spiro atoms. The second-order valence-electron chi connectivity index (χ2n) is 8.31. The summed E-state index contributed by atoms with van der Waals surface area (Å²) in [6.45, 7) is 0.856. The van der Waals surface area contributed by atoms with Gasteiger partial charge in [0.25, 0.3) is 0 Å². The lowest BCUT2D eigenvalue weighted by Crippen LogP contribution is -2.45. The van der Waals surface area contributed by atoms with Gasteiger partial charge < -0.3 is 5.11 Å². The van der Waals surface area contributed by atoms with E-state index in [0.29, 0.717) is 25.8 Å². The van der Waals surface area contributed by atoms with E-state index < -0.39 is 21.8 Å². The van der Waals surface area contributed by atoms with Crippen molar-refractivity contribution in [2.24, 2.45) is 16.8 Å². The molecule has 0 aromatic heterocycles. The van der Waals surface area contributed by atoms with Gasteiger partial charge in [-0.1, -0.05) is 0 Å². The van der Waals surface area contributed by atoms with Crippen molar-refractivity contribution in [1.82, 2.24) is 4.31 Å². The number of carboxylic acids is 1. The molecule has 0 saturated carbocycles. The van der Waals surface area contributed by atoms with E-state index in [0.717, 1.165) is 29.0 Å². The third kappa shape index (κ3) is 4.73. The maximum atomic E-state index is 13.7. The van der Waals surface area contributed by atoms with Crippen molar-refractivity contribution in [3.05, 3.63) is 65.2 Å². The lowest BCUT2D eigenvalue weighted by molar-refractivity contribution is -0.138. The van der Waals surface area contributed by atoms with Gasteiger partial charge in [0.15, 0.2) is 0 Å². The van der Waals surface area contributed by atoms with Gasteiger partial charge in [-0.3, -0.25) is 9.79 Å². The summed E-state index contributed by atoms with van der Waals surface area (Å²) >= 11 is 0. The molecule has 2 aromatic carbocycles. The first-order chi connectivity index (χ1) is 15.2. The maximum Gasteiger partial charge on any atom is 0.303 e. The number of halogens is 2. The number of fused-ring (bicyclic) bond motifs is 1. The van der Waals surface area contributed by atoms with Crippen molar-refractivity contribution in [2.45, 2.75) is 30.6 Å². The largest absolute Gasteiger partial charge is 0.481 e. The summed E-state index contributed by atoms with van der Waals surface area (Å²) in [5.41, 5.74) is 2.45. The second-order valence-corrected chi connectivity index (χ2v) is 10.2. The number of rotatable bonds is 6. The van der Waals surface area contributed by atoms with Crippen LogP contribution in [-0.4, -0.2) is 49.1 Å². The van der Waals surface area contributed by atoms with Gasteiger partial charge in [-0.2, -0.15) is 4.31 Å². The SMILES string of the molecule is O=C(O)CC1CCN(S(=O)(=O)c2ccc(F)cc2)CC1CC1=NCCc2cc(F)ccc21. The number of nitrogens with zero attached hydrogens (tertiary/aromatic N) is 2. The van der Waals surface area contributed by atoms with Crippen molar-refractivity contribution in [1.29, 1.82) is 0 Å². The van der Waals surface area contributed by atoms with E-state index in [-0.39, 0.29) is 42.1 Å². The Morgan fingerprint density at radius 3 is 2.53 bits per heavy atom. The first-order valence-corrected chi connectivity index (χ1v) is 12.0. The zero-order valence-electron chi connectivity index (χ0n) is 17.4. The summed E-state index contributed by atoms with van der Waals surface area (Å²) in [6, 6.07) is 9.23. The van der Waals surface area contributed by atoms with Crippen LogP contribution in [0, 0.1) is 23.5 Å². The zero-order valence-corrected chi connectivity index (χ0v) is 18.2. The van der Waals surface area contributed by atoms with Gasteiger partial charge in [0.1, 0.15) is 11.6 Å². The highest BCUT2D eigenvalue weighted by molar-refractivity contribution is 7.89. The van der Waals surface area contributed by atoms with Gasteiger partial charge in [-0.15, -0.1) is 0 Å². The number of hydrogen-bond acceptors (Lipinski definition) is 4. The topological polar surface area (TPSA) is 87.0 Å². The fourth-order valence-electron chi connectivity index (χ4n) is 4.62. The average Bonchev–Trinajstić information content (AvgIpc) is 2.74. The Kier molecular flexibility index (Phi) is 6.39. The van der Waals surface area contributed by atoms with E-state index in [2.05, 4.69) is 4.99 Å². The predicted octanol–water partition coefficient (Wildman–Crippen LogP) is 3.50. The third-order valence-electron chi connectivity index (χ3n) is 6.26. The molecule has 2 aromatic rings. The van der Waals surface area contributed by atoms with Crippen LogP contribution >= 0.6 is 0 Å². The van der Waals surface area contributed by atoms with Crippen molar-refractivity contribution in [3.63, 3.8) is 0 Å². The predicted molar refractivity (Wildman–Crippen MR) is 115 cm³/mol. The molecular weight excluding hydrogens is 438 g/mol. The van der Waals surface area contributed by atoms with Gasteiger partial charge in [0, 0.05) is 31.8 Å². The second kappa shape index (κ2) is 9.07. The van der Waals surface area contributed by atoms with Crippen molar-refractivity contribution in [3.8, 4) is 0 Å². The van der Waals surface area contributed by atoms with Gasteiger partial charge in [0.05, 0.1) is 4.90 Å². The van der Waals surface area contributed by atoms with E-state index in [1.807, 2.05) is 0 Å². The monoisotopic (exact) mass is 462 g/mol. The lowest BCUT2D eigenvalue weighted by Gasteiger charge is -2.38. The van der Waals surface area contributed by atoms with Crippen LogP contribution in [0.5, 0.6) is 0 Å². The molecule has 2 aliphatic rings. The number of piperidine rings is 1. The van der Waals surface area contributed by atoms with E-state index >= 15 is 0 Å². The Bertz CT molecular complexity index is 1150. The molecule has 2 unspecified atom stereocenters. The average molecular weight is 463 g/mol. The quantitative estimate of drug-likeness (QED) is 0.712. The van der Waals surface area contributed by atoms with Crippen molar-refractivity contribution >= 4 is 21.7 Å². The van der Waals surface area contributed by atoms with Crippen molar-refractivity contribution < 1.29 is 27.1 Å². The number of aliphatic imine (C=N–C) groups is 1. The Hall–Kier alpha value is -2.65. The summed E-state index contributed by atoms with van der Waals surface area (Å²) in [4.78, 5) is 16.0. The van der Waals surface area contributed by atoms with E-state index in [9.17, 15) is 27.1 Å². The Morgan fingerprint density at radius 1 is 1.09 bits per heavy atom. The third-order valence-corrected chi connectivity index (χ3v) is 8.14. The lowest BCUT2D eigenvalue weighted by atomic mass is 9.79. The van der Waals surface area contributed by atoms with Crippen LogP contribution in [0.4, 0.5) is 8.78 Å². The number of sulfonamides is 1. The normalized spacial score (nSPS) is 21.6. The number of aliphatic carboxylic acids is 1. The minimum Gasteiger partial charge on any atom is -0.481 e. The molecule has 170 valence electrons. The smallest absolute Gasteiger partial charge is 0.303 e. The molecule has 32 heavy (non-hydrogen) atoms. The molecule has 1 N–H and O–H groups in total. The molecule has 2 aliphatic heterocycles. The molecule has 2 atom stereocenters. The molecule has 0 amide bonds. The van der Waals surface area contributed by atoms with Crippen LogP contribution < -0.4 is 0 Å². The molecule has 9 heteroatoms. The molecule has 1 fully saturated rings. The minimum atomic E-state index is -3.84. The highest BCUT2D eigenvalue weighted by atomic mass is 32.2. The number of carboxylic acid groups (broad SMARTS) is 1. The van der Waals surface area contributed by atoms with Crippen LogP contribution in [0.15, 0.2) is 52.4 Å². The molecule has 4 rings (SSSR count). The van der Waals surface area contributed by atoms with E-state index in [4.69, 9.17) is 0 Å². The van der Waals surface area contributed by atoms with Crippen LogP contribution in [0.25, 0.3) is 0 Å². The van der Waals surface area contributed by atoms with Crippen molar-refractivity contribution in [2.75, 3.05) is 19.6 Å². The van der Waals surface area contributed by atoms with Gasteiger partial charge in [0.2, 0.25) is 10.0 Å². The summed E-state index contributed by atoms with van der Waals surface area (Å²) < 4.78 is 54.5. The molecule has 0 aliphatic carbocycles. The minimum absolute atomic E-state index is 0.00478. The van der Waals surface area contributed by atoms with Gasteiger partial charge in [-0.05, 0) is 84.7 Å². The summed E-state index contributed by atoms with van der Waals surface area (Å²) in [5, 5.41) is 9.37. The Morgan fingerprint density at radius 2 is 1.81 bits per heavy atom. The van der Waals surface area contributed by atoms with Crippen LogP contribution in [0.2, 0.25) is 0 Å². The standard InChI is InChI=1S/C23H24F2N2O4S/c24-18-1-4-20(5-2-18)32(30,31)27-10-8-15(13-23(28)29)17(14-27)12-22-21-6-3-19(25)11-16(21)7-9-26-22/h1-6,11,15,17H,7-10,12-14H2,(H,28,29). The van der Waals surface area contributed by atoms with E-state index in [1.165, 1.54) is 28.6 Å². The fourth-order valence-corrected chi connectivity index (χ4v) is 6.13. The van der Waals surface area contributed by atoms with Crippen LogP contribution in [0.1, 0.15) is 30.4 Å². The van der Waals surface area contributed by atoms with Crippen LogP contribution in [0.3, 0.4) is 0 Å². The van der Waals surface area contributed by atoms with E-state index in [1.54, 1.807) is 6.07 Å². The van der Waals surface area contributed by atoms with Gasteiger partial charge in [-0.25, -0.2) is 17.2 Å². The maximum absolute atomic E-state index is 13.7. The first-order valence-electron chi connectivity index (χ1n) is 10.5. The molecular formula is C23H24F2N2O4S. The highest BCUT2D eigenvalue weighted by Gasteiger charge is 2.37. The number of hydrogen-bond donors (Lipinski definition) is 1. The first kappa shape index (κ1) is 22.5. The molecule has 0 bridgehead atoms. The molecule has 2 heterocycles. The molecule has 6 nitrogen and oxygen atoms in total. The fraction of sp³-hybridized carbons (Fsp3) is 0.391. The highest BCUT2D eigenvalue weighted by Crippen LogP contribution is 2.34. The summed E-state index contributed by atoms with van der Waals surface area (Å²) in [6.07, 6.45) is 1.39. The summed E-state index contributed by atoms with van der Waals surface area (Å²) in [7, 11) is -3.84. The Balaban J connectivity index is 1.60. The zero-order chi connectivity index (χ0) is 22.9. The number of carbonyl (C=O) groups is 1. The molecule has 1 saturated heterocycles. The molecule has 0 radical (unpaired) electrons. The van der Waals surface area contributed by atoms with Gasteiger partial charge >= 0.3 is 5.97 Å². The van der Waals surface area contributed by atoms with Crippen LogP contribution in [-0.2, 0) is 21.2 Å². The number of benzene rings is 2.